The number of likely N-dealkylation sites (tertiary alicyclic amines) is 1. The molecule has 1 aliphatic rings. The Balaban J connectivity index is 1.63. The molecular weight excluding hydrogens is 382 g/mol. The van der Waals surface area contributed by atoms with Crippen LogP contribution in [-0.2, 0) is 20.9 Å². The van der Waals surface area contributed by atoms with Gasteiger partial charge in [-0.25, -0.2) is 14.6 Å². The number of imide groups is 1. The third-order valence-corrected chi connectivity index (χ3v) is 4.85. The Bertz CT molecular complexity index is 882. The number of nitrogens with zero attached hydrogens (tertiary/aromatic N) is 5. The maximum atomic E-state index is 12.0. The molecule has 0 spiro atoms. The lowest BCUT2D eigenvalue weighted by Gasteiger charge is -2.13. The summed E-state index contributed by atoms with van der Waals surface area (Å²) in [5.74, 6) is -0.222. The zero-order valence-electron chi connectivity index (χ0n) is 15.9. The summed E-state index contributed by atoms with van der Waals surface area (Å²) in [5.41, 5.74) is 0.692. The van der Waals surface area contributed by atoms with E-state index in [1.54, 1.807) is 10.9 Å². The van der Waals surface area contributed by atoms with E-state index in [0.717, 1.165) is 29.1 Å². The predicted octanol–water partition coefficient (Wildman–Crippen LogP) is 0.635. The first-order valence-corrected chi connectivity index (χ1v) is 10.4. The van der Waals surface area contributed by atoms with E-state index < -0.39 is 0 Å². The van der Waals surface area contributed by atoms with Gasteiger partial charge in [0.25, 0.3) is 0 Å². The van der Waals surface area contributed by atoms with E-state index in [2.05, 4.69) is 32.6 Å². The van der Waals surface area contributed by atoms with Gasteiger partial charge in [0, 0.05) is 25.9 Å². The predicted molar refractivity (Wildman–Crippen MR) is 105 cm³/mol. The van der Waals surface area contributed by atoms with Crippen molar-refractivity contribution in [2.75, 3.05) is 31.2 Å². The molecule has 28 heavy (non-hydrogen) atoms. The molecular formula is C17H23N7O3S. The average Bonchev–Trinajstić information content (AvgIpc) is 3.24. The molecule has 0 aliphatic carbocycles. The van der Waals surface area contributed by atoms with Crippen molar-refractivity contribution in [2.24, 2.45) is 0 Å². The highest BCUT2D eigenvalue weighted by atomic mass is 32.2. The molecule has 3 rings (SSSR count). The van der Waals surface area contributed by atoms with E-state index in [-0.39, 0.29) is 37.1 Å². The van der Waals surface area contributed by atoms with E-state index in [0.29, 0.717) is 23.9 Å². The van der Waals surface area contributed by atoms with Gasteiger partial charge in [0.15, 0.2) is 10.8 Å². The molecule has 0 aromatic carbocycles. The molecule has 0 atom stereocenters. The zero-order chi connectivity index (χ0) is 20.1. The second kappa shape index (κ2) is 9.00. The third-order valence-electron chi connectivity index (χ3n) is 4.30. The van der Waals surface area contributed by atoms with Crippen molar-refractivity contribution in [3.63, 3.8) is 0 Å². The summed E-state index contributed by atoms with van der Waals surface area (Å²) in [4.78, 5) is 45.2. The van der Waals surface area contributed by atoms with Crippen LogP contribution in [0, 0.1) is 0 Å². The van der Waals surface area contributed by atoms with E-state index in [1.807, 2.05) is 6.26 Å². The van der Waals surface area contributed by atoms with Crippen LogP contribution in [0.25, 0.3) is 11.0 Å². The van der Waals surface area contributed by atoms with E-state index in [1.165, 1.54) is 11.8 Å². The van der Waals surface area contributed by atoms with Crippen LogP contribution in [-0.4, -0.2) is 68.3 Å². The van der Waals surface area contributed by atoms with Gasteiger partial charge in [-0.3, -0.25) is 19.3 Å². The van der Waals surface area contributed by atoms with Crippen LogP contribution in [0.4, 0.5) is 5.82 Å². The van der Waals surface area contributed by atoms with Crippen molar-refractivity contribution in [3.8, 4) is 0 Å². The van der Waals surface area contributed by atoms with E-state index >= 15 is 0 Å². The second-order valence-electron chi connectivity index (χ2n) is 6.31. The molecule has 1 saturated heterocycles. The summed E-state index contributed by atoms with van der Waals surface area (Å²) in [6.45, 7) is 3.37. The topological polar surface area (TPSA) is 122 Å². The maximum absolute atomic E-state index is 12.0. The first-order chi connectivity index (χ1) is 13.5. The first kappa shape index (κ1) is 20.1. The number of anilines is 1. The maximum Gasteiger partial charge on any atom is 0.240 e. The molecule has 150 valence electrons. The largest absolute Gasteiger partial charge is 0.369 e. The van der Waals surface area contributed by atoms with Crippen molar-refractivity contribution in [1.82, 2.24) is 30.0 Å². The van der Waals surface area contributed by atoms with Gasteiger partial charge < -0.3 is 10.6 Å². The number of rotatable bonds is 9. The lowest BCUT2D eigenvalue weighted by atomic mass is 10.3. The van der Waals surface area contributed by atoms with Gasteiger partial charge in [0.2, 0.25) is 17.7 Å². The van der Waals surface area contributed by atoms with E-state index in [9.17, 15) is 14.4 Å². The number of fused-ring (bicyclic) bond motifs is 1. The molecule has 0 bridgehead atoms. The molecule has 2 aromatic heterocycles. The summed E-state index contributed by atoms with van der Waals surface area (Å²) in [6, 6.07) is 0. The smallest absolute Gasteiger partial charge is 0.240 e. The summed E-state index contributed by atoms with van der Waals surface area (Å²) < 4.78 is 1.71. The number of carbonyl (C=O) groups is 3. The van der Waals surface area contributed by atoms with Gasteiger partial charge in [-0.1, -0.05) is 18.7 Å². The molecule has 3 heterocycles. The second-order valence-corrected chi connectivity index (χ2v) is 7.09. The standard InChI is InChI=1S/C17H23N7O3S/c1-3-6-19-15-11-9-20-24(16(11)22-17(21-15)28-2)8-7-18-12(25)10-23-13(26)4-5-14(23)27/h9H,3-8,10H2,1-2H3,(H,18,25)(H,19,21,22). The molecule has 1 fully saturated rings. The number of amides is 3. The minimum absolute atomic E-state index is 0.178. The minimum atomic E-state index is -0.371. The zero-order valence-corrected chi connectivity index (χ0v) is 16.7. The van der Waals surface area contributed by atoms with Crippen LogP contribution in [0.15, 0.2) is 11.4 Å². The van der Waals surface area contributed by atoms with Gasteiger partial charge in [0.05, 0.1) is 18.1 Å². The van der Waals surface area contributed by atoms with Crippen LogP contribution >= 0.6 is 11.8 Å². The lowest BCUT2D eigenvalue weighted by Crippen LogP contribution is -2.40. The average molecular weight is 405 g/mol. The van der Waals surface area contributed by atoms with Gasteiger partial charge >= 0.3 is 0 Å². The quantitative estimate of drug-likeness (QED) is 0.354. The fraction of sp³-hybridized carbons (Fsp3) is 0.529. The summed E-state index contributed by atoms with van der Waals surface area (Å²) >= 11 is 1.45. The third kappa shape index (κ3) is 4.41. The molecule has 11 heteroatoms. The van der Waals surface area contributed by atoms with Crippen molar-refractivity contribution >= 4 is 46.3 Å². The van der Waals surface area contributed by atoms with Gasteiger partial charge in [-0.05, 0) is 12.7 Å². The molecule has 0 radical (unpaired) electrons. The molecule has 10 nitrogen and oxygen atoms in total. The summed E-state index contributed by atoms with van der Waals surface area (Å²) in [5, 5.41) is 11.8. The number of aromatic nitrogens is 4. The minimum Gasteiger partial charge on any atom is -0.369 e. The van der Waals surface area contributed by atoms with Crippen LogP contribution in [0.1, 0.15) is 26.2 Å². The first-order valence-electron chi connectivity index (χ1n) is 9.14. The van der Waals surface area contributed by atoms with E-state index in [4.69, 9.17) is 0 Å². The molecule has 2 aromatic rings. The molecule has 1 aliphatic heterocycles. The fourth-order valence-electron chi connectivity index (χ4n) is 2.87. The molecule has 0 saturated carbocycles. The number of nitrogens with one attached hydrogen (secondary N) is 2. The number of thioether (sulfide) groups is 1. The lowest BCUT2D eigenvalue weighted by molar-refractivity contribution is -0.142. The fourth-order valence-corrected chi connectivity index (χ4v) is 3.23. The number of hydrogen-bond donors (Lipinski definition) is 2. The Morgan fingerprint density at radius 3 is 2.64 bits per heavy atom. The highest BCUT2D eigenvalue weighted by Gasteiger charge is 2.30. The Morgan fingerprint density at radius 2 is 1.96 bits per heavy atom. The summed E-state index contributed by atoms with van der Waals surface area (Å²) in [7, 11) is 0. The van der Waals surface area contributed by atoms with Crippen LogP contribution in [0.2, 0.25) is 0 Å². The highest BCUT2D eigenvalue weighted by Crippen LogP contribution is 2.23. The molecule has 2 N–H and O–H groups in total. The number of carbonyl (C=O) groups excluding carboxylic acids is 3. The Hall–Kier alpha value is -2.69. The van der Waals surface area contributed by atoms with Crippen molar-refractivity contribution in [2.45, 2.75) is 37.9 Å². The molecule has 0 unspecified atom stereocenters. The highest BCUT2D eigenvalue weighted by molar-refractivity contribution is 7.98. The van der Waals surface area contributed by atoms with Crippen molar-refractivity contribution in [1.29, 1.82) is 0 Å². The SMILES string of the molecule is CCCNc1nc(SC)nc2c1cnn2CCNC(=O)CN1C(=O)CCC1=O. The molecule has 3 amide bonds. The Morgan fingerprint density at radius 1 is 1.21 bits per heavy atom. The normalized spacial score (nSPS) is 14.1. The Kier molecular flexibility index (Phi) is 6.45. The monoisotopic (exact) mass is 405 g/mol. The van der Waals surface area contributed by atoms with Crippen LogP contribution < -0.4 is 10.6 Å². The Labute approximate surface area is 166 Å². The van der Waals surface area contributed by atoms with Crippen LogP contribution in [0.5, 0.6) is 0 Å². The van der Waals surface area contributed by atoms with Crippen LogP contribution in [0.3, 0.4) is 0 Å². The van der Waals surface area contributed by atoms with Gasteiger partial charge in [-0.2, -0.15) is 5.10 Å². The van der Waals surface area contributed by atoms with Crippen molar-refractivity contribution in [3.05, 3.63) is 6.20 Å². The van der Waals surface area contributed by atoms with Gasteiger partial charge in [-0.15, -0.1) is 0 Å². The number of hydrogen-bond acceptors (Lipinski definition) is 8. The van der Waals surface area contributed by atoms with Gasteiger partial charge in [0.1, 0.15) is 12.4 Å². The van der Waals surface area contributed by atoms with Crippen molar-refractivity contribution < 1.29 is 14.4 Å². The summed E-state index contributed by atoms with van der Waals surface area (Å²) in [6.07, 6.45) is 4.95.